The molecule has 294 valence electrons. The van der Waals surface area contributed by atoms with Gasteiger partial charge in [0.2, 0.25) is 11.8 Å². The summed E-state index contributed by atoms with van der Waals surface area (Å²) in [6.45, 7) is 11.6. The zero-order valence-corrected chi connectivity index (χ0v) is 33.0. The van der Waals surface area contributed by atoms with Crippen LogP contribution in [0, 0.1) is 22.7 Å². The number of carbonyl (C=O) groups is 3. The van der Waals surface area contributed by atoms with Crippen molar-refractivity contribution in [3.8, 4) is 6.07 Å². The van der Waals surface area contributed by atoms with Gasteiger partial charge in [-0.3, -0.25) is 24.6 Å². The zero-order valence-electron chi connectivity index (χ0n) is 32.3. The molecule has 0 aliphatic carbocycles. The predicted octanol–water partition coefficient (Wildman–Crippen LogP) is 5.38. The molecule has 2 N–H and O–H groups in total. The standard InChI is InChI=1S/C43H52ClN9O3/c1-30-25-43(29-53(30)36-7-5-32(26-45)37(44)24-36)13-17-51(18-14-43)39-9-6-33(27-46-39)42(56)52-15-11-31(12-16-52)28-49-19-21-50(22-20-49)35-4-2-3-34(23-35)47-38-8-10-40(54)48-41(38)55/h2-7,9,23-24,27,30-31,38,47H,8,10-22,25,28-29H2,1H3,(H,48,54,55)/t30-,38-/m1/s1. The Morgan fingerprint density at radius 1 is 0.946 bits per heavy atom. The Kier molecular flexibility index (Phi) is 11.1. The smallest absolute Gasteiger partial charge is 0.255 e. The lowest BCUT2D eigenvalue weighted by Crippen LogP contribution is -2.49. The second-order valence-electron chi connectivity index (χ2n) is 16.6. The molecule has 5 fully saturated rings. The van der Waals surface area contributed by atoms with E-state index in [1.165, 1.54) is 0 Å². The number of piperazine rings is 1. The Balaban J connectivity index is 0.762. The summed E-state index contributed by atoms with van der Waals surface area (Å²) in [5, 5.41) is 15.5. The molecule has 5 aliphatic rings. The lowest BCUT2D eigenvalue weighted by molar-refractivity contribution is -0.133. The number of aromatic nitrogens is 1. The van der Waals surface area contributed by atoms with E-state index in [1.54, 1.807) is 6.20 Å². The Hall–Kier alpha value is -4.86. The van der Waals surface area contributed by atoms with Crippen molar-refractivity contribution in [3.05, 3.63) is 76.9 Å². The van der Waals surface area contributed by atoms with Gasteiger partial charge < -0.3 is 24.9 Å². The summed E-state index contributed by atoms with van der Waals surface area (Å²) in [5.74, 6) is 1.12. The number of nitriles is 1. The third kappa shape index (κ3) is 8.30. The van der Waals surface area contributed by atoms with Crippen LogP contribution in [0.2, 0.25) is 5.02 Å². The first-order valence-corrected chi connectivity index (χ1v) is 20.7. The SMILES string of the molecule is C[C@@H]1CC2(CCN(c3ccc(C(=O)N4CCC(CN5CCN(c6cccc(N[C@@H]7CCC(=O)NC7=O)c6)CC5)CC4)cn3)CC2)CN1c1ccc(C#N)c(Cl)c1. The maximum absolute atomic E-state index is 13.5. The predicted molar refractivity (Wildman–Crippen MR) is 219 cm³/mol. The Morgan fingerprint density at radius 3 is 2.43 bits per heavy atom. The van der Waals surface area contributed by atoms with Crippen LogP contribution in [0.25, 0.3) is 0 Å². The Bertz CT molecular complexity index is 1960. The van der Waals surface area contributed by atoms with Crippen molar-refractivity contribution >= 4 is 52.2 Å². The van der Waals surface area contributed by atoms with Gasteiger partial charge in [0.1, 0.15) is 17.9 Å². The number of likely N-dealkylation sites (tertiary alicyclic amines) is 1. The summed E-state index contributed by atoms with van der Waals surface area (Å²) in [6, 6.07) is 20.1. The van der Waals surface area contributed by atoms with Crippen LogP contribution in [0.1, 0.15) is 67.8 Å². The number of hydrogen-bond donors (Lipinski definition) is 2. The van der Waals surface area contributed by atoms with Gasteiger partial charge >= 0.3 is 0 Å². The first-order chi connectivity index (χ1) is 27.1. The monoisotopic (exact) mass is 777 g/mol. The third-order valence-corrected chi connectivity index (χ3v) is 13.2. The highest BCUT2D eigenvalue weighted by atomic mass is 35.5. The van der Waals surface area contributed by atoms with Gasteiger partial charge in [0.05, 0.1) is 16.1 Å². The van der Waals surface area contributed by atoms with Crippen molar-refractivity contribution in [1.29, 1.82) is 5.26 Å². The minimum absolute atomic E-state index is 0.0750. The molecular weight excluding hydrogens is 726 g/mol. The van der Waals surface area contributed by atoms with Crippen LogP contribution >= 0.6 is 11.6 Å². The molecule has 3 aromatic rings. The van der Waals surface area contributed by atoms with E-state index in [4.69, 9.17) is 16.6 Å². The number of piperidine rings is 3. The van der Waals surface area contributed by atoms with E-state index < -0.39 is 6.04 Å². The largest absolute Gasteiger partial charge is 0.374 e. The number of imide groups is 1. The quantitative estimate of drug-likeness (QED) is 0.288. The summed E-state index contributed by atoms with van der Waals surface area (Å²) in [7, 11) is 0. The number of amides is 3. The fourth-order valence-corrected chi connectivity index (χ4v) is 9.81. The number of pyridine rings is 1. The molecule has 6 heterocycles. The minimum atomic E-state index is -0.392. The van der Waals surface area contributed by atoms with Crippen LogP contribution in [-0.2, 0) is 9.59 Å². The lowest BCUT2D eigenvalue weighted by atomic mass is 9.77. The molecule has 0 saturated carbocycles. The molecule has 0 unspecified atom stereocenters. The van der Waals surface area contributed by atoms with Gasteiger partial charge in [0.15, 0.2) is 0 Å². The maximum Gasteiger partial charge on any atom is 0.255 e. The van der Waals surface area contributed by atoms with Gasteiger partial charge in [-0.15, -0.1) is 0 Å². The van der Waals surface area contributed by atoms with Gasteiger partial charge in [0.25, 0.3) is 5.91 Å². The average molecular weight is 778 g/mol. The van der Waals surface area contributed by atoms with Crippen molar-refractivity contribution in [2.75, 3.05) is 85.5 Å². The van der Waals surface area contributed by atoms with E-state index in [1.807, 2.05) is 47.4 Å². The molecule has 5 aliphatic heterocycles. The summed E-state index contributed by atoms with van der Waals surface area (Å²) < 4.78 is 0. The summed E-state index contributed by atoms with van der Waals surface area (Å²) in [4.78, 5) is 53.8. The Labute approximate surface area is 334 Å². The van der Waals surface area contributed by atoms with Crippen molar-refractivity contribution in [1.82, 2.24) is 20.1 Å². The zero-order chi connectivity index (χ0) is 38.8. The molecular formula is C43H52ClN9O3. The molecule has 1 spiro atoms. The highest BCUT2D eigenvalue weighted by Gasteiger charge is 2.44. The van der Waals surface area contributed by atoms with E-state index in [0.29, 0.717) is 41.0 Å². The highest BCUT2D eigenvalue weighted by molar-refractivity contribution is 6.32. The maximum atomic E-state index is 13.5. The Morgan fingerprint density at radius 2 is 1.73 bits per heavy atom. The normalized spacial score (nSPS) is 23.3. The fraction of sp³-hybridized carbons (Fsp3) is 0.512. The number of carbonyl (C=O) groups excluding carboxylic acids is 3. The van der Waals surface area contributed by atoms with Gasteiger partial charge in [-0.05, 0) is 105 Å². The number of anilines is 4. The average Bonchev–Trinajstić information content (AvgIpc) is 3.54. The van der Waals surface area contributed by atoms with Crippen molar-refractivity contribution < 1.29 is 14.4 Å². The number of rotatable bonds is 8. The number of halogens is 1. The molecule has 0 bridgehead atoms. The number of nitrogens with zero attached hydrogens (tertiary/aromatic N) is 7. The second-order valence-corrected chi connectivity index (χ2v) is 17.0. The minimum Gasteiger partial charge on any atom is -0.374 e. The van der Waals surface area contributed by atoms with Crippen LogP contribution in [0.5, 0.6) is 0 Å². The molecule has 13 heteroatoms. The van der Waals surface area contributed by atoms with E-state index in [-0.39, 0.29) is 23.1 Å². The van der Waals surface area contributed by atoms with Gasteiger partial charge in [-0.2, -0.15) is 5.26 Å². The first-order valence-electron chi connectivity index (χ1n) is 20.3. The van der Waals surface area contributed by atoms with Crippen LogP contribution < -0.4 is 25.3 Å². The molecule has 3 amide bonds. The van der Waals surface area contributed by atoms with Crippen LogP contribution in [-0.4, -0.2) is 110 Å². The van der Waals surface area contributed by atoms with E-state index in [2.05, 4.69) is 55.4 Å². The van der Waals surface area contributed by atoms with Crippen LogP contribution in [0.4, 0.5) is 22.9 Å². The van der Waals surface area contributed by atoms with E-state index in [9.17, 15) is 19.6 Å². The molecule has 56 heavy (non-hydrogen) atoms. The summed E-state index contributed by atoms with van der Waals surface area (Å²) in [6.07, 6.45) is 7.96. The van der Waals surface area contributed by atoms with Crippen molar-refractivity contribution in [2.45, 2.75) is 64.0 Å². The lowest BCUT2D eigenvalue weighted by Gasteiger charge is -2.40. The van der Waals surface area contributed by atoms with Gasteiger partial charge in [0, 0.05) is 101 Å². The van der Waals surface area contributed by atoms with E-state index >= 15 is 0 Å². The second kappa shape index (κ2) is 16.3. The fourth-order valence-electron chi connectivity index (χ4n) is 9.59. The first kappa shape index (κ1) is 38.0. The molecule has 8 rings (SSSR count). The molecule has 2 aromatic carbocycles. The molecule has 0 radical (unpaired) electrons. The van der Waals surface area contributed by atoms with Crippen LogP contribution in [0.15, 0.2) is 60.8 Å². The number of benzene rings is 2. The molecule has 12 nitrogen and oxygen atoms in total. The van der Waals surface area contributed by atoms with Gasteiger partial charge in [-0.25, -0.2) is 4.98 Å². The third-order valence-electron chi connectivity index (χ3n) is 12.9. The molecule has 1 aromatic heterocycles. The van der Waals surface area contributed by atoms with Crippen LogP contribution in [0.3, 0.4) is 0 Å². The van der Waals surface area contributed by atoms with E-state index in [0.717, 1.165) is 120 Å². The molecule has 2 atom stereocenters. The van der Waals surface area contributed by atoms with Crippen molar-refractivity contribution in [3.63, 3.8) is 0 Å². The summed E-state index contributed by atoms with van der Waals surface area (Å²) >= 11 is 6.38. The summed E-state index contributed by atoms with van der Waals surface area (Å²) in [5.41, 5.74) is 4.54. The topological polar surface area (TPSA) is 128 Å². The number of nitrogens with one attached hydrogen (secondary N) is 2. The van der Waals surface area contributed by atoms with Gasteiger partial charge in [-0.1, -0.05) is 17.7 Å². The van der Waals surface area contributed by atoms with Crippen molar-refractivity contribution in [2.24, 2.45) is 11.3 Å². The molecule has 5 saturated heterocycles. The highest BCUT2D eigenvalue weighted by Crippen LogP contribution is 2.46. The number of hydrogen-bond acceptors (Lipinski definition) is 10.